The quantitative estimate of drug-likeness (QED) is 0.790. The fourth-order valence-corrected chi connectivity index (χ4v) is 2.14. The van der Waals surface area contributed by atoms with E-state index in [1.807, 2.05) is 24.3 Å². The molecular weight excluding hydrogens is 248 g/mol. The molecule has 0 aliphatic heterocycles. The van der Waals surface area contributed by atoms with Crippen LogP contribution in [0.15, 0.2) is 30.3 Å². The van der Waals surface area contributed by atoms with Crippen LogP contribution in [-0.4, -0.2) is 17.1 Å². The molecule has 0 spiro atoms. The van der Waals surface area contributed by atoms with Gasteiger partial charge in [-0.3, -0.25) is 0 Å². The van der Waals surface area contributed by atoms with Gasteiger partial charge in [-0.25, -0.2) is 9.97 Å². The molecule has 1 fully saturated rings. The normalized spacial score (nSPS) is 14.6. The minimum Gasteiger partial charge on any atom is -0.496 e. The van der Waals surface area contributed by atoms with E-state index in [1.54, 1.807) is 13.2 Å². The van der Waals surface area contributed by atoms with Gasteiger partial charge in [-0.15, -0.1) is 0 Å². The van der Waals surface area contributed by atoms with E-state index in [4.69, 9.17) is 16.3 Å². The van der Waals surface area contributed by atoms with Crippen LogP contribution < -0.4 is 4.74 Å². The molecular formula is C14H13ClN2O. The summed E-state index contributed by atoms with van der Waals surface area (Å²) in [6, 6.07) is 9.58. The van der Waals surface area contributed by atoms with E-state index in [9.17, 15) is 0 Å². The Labute approximate surface area is 111 Å². The molecule has 92 valence electrons. The zero-order chi connectivity index (χ0) is 12.5. The van der Waals surface area contributed by atoms with Crippen molar-refractivity contribution in [2.45, 2.75) is 18.8 Å². The van der Waals surface area contributed by atoms with Gasteiger partial charge in [0.15, 0.2) is 0 Å². The van der Waals surface area contributed by atoms with Crippen molar-refractivity contribution in [3.63, 3.8) is 0 Å². The Morgan fingerprint density at radius 1 is 1.22 bits per heavy atom. The third-order valence-corrected chi connectivity index (χ3v) is 3.23. The minimum atomic E-state index is 0.483. The first-order valence-electron chi connectivity index (χ1n) is 5.96. The SMILES string of the molecule is COc1ccccc1-c1cc(Cl)nc(C2CC2)n1. The highest BCUT2D eigenvalue weighted by molar-refractivity contribution is 6.29. The van der Waals surface area contributed by atoms with Gasteiger partial charge in [-0.1, -0.05) is 23.7 Å². The summed E-state index contributed by atoms with van der Waals surface area (Å²) >= 11 is 6.08. The second-order valence-electron chi connectivity index (χ2n) is 4.41. The molecule has 0 bridgehead atoms. The lowest BCUT2D eigenvalue weighted by Gasteiger charge is -2.09. The predicted molar refractivity (Wildman–Crippen MR) is 71.0 cm³/mol. The van der Waals surface area contributed by atoms with Crippen LogP contribution in [0, 0.1) is 0 Å². The molecule has 18 heavy (non-hydrogen) atoms. The summed E-state index contributed by atoms with van der Waals surface area (Å²) in [6.45, 7) is 0. The maximum absolute atomic E-state index is 6.08. The number of benzene rings is 1. The van der Waals surface area contributed by atoms with Crippen molar-refractivity contribution in [2.75, 3.05) is 7.11 Å². The highest BCUT2D eigenvalue weighted by atomic mass is 35.5. The Morgan fingerprint density at radius 3 is 2.72 bits per heavy atom. The number of hydrogen-bond donors (Lipinski definition) is 0. The van der Waals surface area contributed by atoms with E-state index in [2.05, 4.69) is 9.97 Å². The third kappa shape index (κ3) is 2.18. The van der Waals surface area contributed by atoms with Gasteiger partial charge in [0.25, 0.3) is 0 Å². The lowest BCUT2D eigenvalue weighted by atomic mass is 10.1. The van der Waals surface area contributed by atoms with E-state index in [-0.39, 0.29) is 0 Å². The first-order chi connectivity index (χ1) is 8.78. The molecule has 0 unspecified atom stereocenters. The van der Waals surface area contributed by atoms with Crippen molar-refractivity contribution in [2.24, 2.45) is 0 Å². The average molecular weight is 261 g/mol. The van der Waals surface area contributed by atoms with E-state index < -0.39 is 0 Å². The number of nitrogens with zero attached hydrogens (tertiary/aromatic N) is 2. The Bertz CT molecular complexity index is 582. The maximum Gasteiger partial charge on any atom is 0.133 e. The van der Waals surface area contributed by atoms with Crippen LogP contribution in [0.1, 0.15) is 24.6 Å². The lowest BCUT2D eigenvalue weighted by molar-refractivity contribution is 0.416. The molecule has 1 aromatic carbocycles. The first kappa shape index (κ1) is 11.5. The predicted octanol–water partition coefficient (Wildman–Crippen LogP) is 3.68. The fraction of sp³-hybridized carbons (Fsp3) is 0.286. The van der Waals surface area contributed by atoms with Crippen LogP contribution in [0.3, 0.4) is 0 Å². The van der Waals surface area contributed by atoms with Gasteiger partial charge in [-0.05, 0) is 25.0 Å². The van der Waals surface area contributed by atoms with Gasteiger partial charge in [0.2, 0.25) is 0 Å². The van der Waals surface area contributed by atoms with Crippen molar-refractivity contribution in [3.05, 3.63) is 41.3 Å². The zero-order valence-electron chi connectivity index (χ0n) is 10.1. The van der Waals surface area contributed by atoms with E-state index in [0.717, 1.165) is 35.7 Å². The van der Waals surface area contributed by atoms with Crippen LogP contribution >= 0.6 is 11.6 Å². The Hall–Kier alpha value is -1.61. The molecule has 1 aliphatic rings. The Balaban J connectivity index is 2.10. The number of methoxy groups -OCH3 is 1. The van der Waals surface area contributed by atoms with Gasteiger partial charge >= 0.3 is 0 Å². The van der Waals surface area contributed by atoms with Crippen molar-refractivity contribution in [1.29, 1.82) is 0 Å². The smallest absolute Gasteiger partial charge is 0.133 e. The number of halogens is 1. The molecule has 0 saturated heterocycles. The molecule has 0 N–H and O–H groups in total. The lowest BCUT2D eigenvalue weighted by Crippen LogP contribution is -1.97. The summed E-state index contributed by atoms with van der Waals surface area (Å²) in [6.07, 6.45) is 2.32. The molecule has 2 aromatic rings. The minimum absolute atomic E-state index is 0.483. The van der Waals surface area contributed by atoms with E-state index >= 15 is 0 Å². The summed E-state index contributed by atoms with van der Waals surface area (Å²) in [5.74, 6) is 2.13. The average Bonchev–Trinajstić information content (AvgIpc) is 3.22. The molecule has 4 heteroatoms. The number of aromatic nitrogens is 2. The van der Waals surface area contributed by atoms with Crippen LogP contribution in [0.4, 0.5) is 0 Å². The van der Waals surface area contributed by atoms with Gasteiger partial charge in [0.1, 0.15) is 16.7 Å². The molecule has 1 aliphatic carbocycles. The standard InChI is InChI=1S/C14H13ClN2O/c1-18-12-5-3-2-4-10(12)11-8-13(15)17-14(16-11)9-6-7-9/h2-5,8-9H,6-7H2,1H3. The molecule has 1 saturated carbocycles. The summed E-state index contributed by atoms with van der Waals surface area (Å²) in [5, 5.41) is 0.493. The van der Waals surface area contributed by atoms with Crippen LogP contribution in [0.5, 0.6) is 5.75 Å². The van der Waals surface area contributed by atoms with Crippen molar-refractivity contribution in [1.82, 2.24) is 9.97 Å². The number of ether oxygens (including phenoxy) is 1. The number of rotatable bonds is 3. The van der Waals surface area contributed by atoms with Crippen molar-refractivity contribution >= 4 is 11.6 Å². The molecule has 0 atom stereocenters. The van der Waals surface area contributed by atoms with Gasteiger partial charge < -0.3 is 4.74 Å². The molecule has 0 amide bonds. The first-order valence-corrected chi connectivity index (χ1v) is 6.33. The summed E-state index contributed by atoms with van der Waals surface area (Å²) < 4.78 is 5.35. The summed E-state index contributed by atoms with van der Waals surface area (Å²) in [7, 11) is 1.66. The van der Waals surface area contributed by atoms with Crippen LogP contribution in [-0.2, 0) is 0 Å². The molecule has 0 radical (unpaired) electrons. The number of hydrogen-bond acceptors (Lipinski definition) is 3. The van der Waals surface area contributed by atoms with Gasteiger partial charge in [-0.2, -0.15) is 0 Å². The second-order valence-corrected chi connectivity index (χ2v) is 4.80. The molecule has 3 rings (SSSR count). The van der Waals surface area contributed by atoms with E-state index in [1.165, 1.54) is 0 Å². The second kappa shape index (κ2) is 4.58. The highest BCUT2D eigenvalue weighted by Gasteiger charge is 2.27. The van der Waals surface area contributed by atoms with Crippen molar-refractivity contribution in [3.8, 4) is 17.0 Å². The molecule has 1 aromatic heterocycles. The Morgan fingerprint density at radius 2 is 2.00 bits per heavy atom. The van der Waals surface area contributed by atoms with Crippen molar-refractivity contribution < 1.29 is 4.74 Å². The van der Waals surface area contributed by atoms with Crippen LogP contribution in [0.25, 0.3) is 11.3 Å². The number of para-hydroxylation sites is 1. The molecule has 3 nitrogen and oxygen atoms in total. The van der Waals surface area contributed by atoms with Gasteiger partial charge in [0.05, 0.1) is 12.8 Å². The monoisotopic (exact) mass is 260 g/mol. The summed E-state index contributed by atoms with van der Waals surface area (Å²) in [5.41, 5.74) is 1.78. The van der Waals surface area contributed by atoms with Gasteiger partial charge in [0, 0.05) is 17.5 Å². The summed E-state index contributed by atoms with van der Waals surface area (Å²) in [4.78, 5) is 8.89. The van der Waals surface area contributed by atoms with Crippen LogP contribution in [0.2, 0.25) is 5.15 Å². The zero-order valence-corrected chi connectivity index (χ0v) is 10.8. The Kier molecular flexibility index (Phi) is 2.92. The van der Waals surface area contributed by atoms with E-state index in [0.29, 0.717) is 11.1 Å². The molecule has 1 heterocycles. The largest absolute Gasteiger partial charge is 0.496 e. The fourth-order valence-electron chi connectivity index (χ4n) is 1.95. The maximum atomic E-state index is 6.08. The third-order valence-electron chi connectivity index (χ3n) is 3.04. The highest BCUT2D eigenvalue weighted by Crippen LogP contribution is 2.39. The topological polar surface area (TPSA) is 35.0 Å².